The van der Waals surface area contributed by atoms with E-state index in [4.69, 9.17) is 5.73 Å². The molecule has 1 aliphatic heterocycles. The van der Waals surface area contributed by atoms with Crippen LogP contribution in [0.15, 0.2) is 48.5 Å². The molecule has 0 saturated carbocycles. The molecule has 0 aromatic heterocycles. The van der Waals surface area contributed by atoms with E-state index in [1.807, 2.05) is 47.4 Å². The number of carbonyl (C=O) groups excluding carboxylic acids is 1. The van der Waals surface area contributed by atoms with Gasteiger partial charge in [-0.25, -0.2) is 0 Å². The molecule has 1 amide bonds. The van der Waals surface area contributed by atoms with Crippen LogP contribution in [-0.4, -0.2) is 5.91 Å². The summed E-state index contributed by atoms with van der Waals surface area (Å²) in [4.78, 5) is 14.0. The predicted molar refractivity (Wildman–Crippen MR) is 76.8 cm³/mol. The van der Waals surface area contributed by atoms with Crippen molar-refractivity contribution in [1.29, 1.82) is 0 Å². The number of hydrogen-bond donors (Lipinski definition) is 1. The van der Waals surface area contributed by atoms with Crippen molar-refractivity contribution in [2.24, 2.45) is 0 Å². The number of nitrogen functional groups attached to an aromatic ring is 1. The molecule has 3 rings (SSSR count). The maximum absolute atomic E-state index is 12.1. The molecule has 2 N–H and O–H groups in total. The average Bonchev–Trinajstić information content (AvgIpc) is 2.42. The van der Waals surface area contributed by atoms with E-state index in [2.05, 4.69) is 6.07 Å². The first-order valence-corrected chi connectivity index (χ1v) is 6.47. The predicted octanol–water partition coefficient (Wildman–Crippen LogP) is 2.75. The van der Waals surface area contributed by atoms with Gasteiger partial charge in [0.2, 0.25) is 5.91 Å². The van der Waals surface area contributed by atoms with Crippen molar-refractivity contribution in [3.63, 3.8) is 0 Å². The topological polar surface area (TPSA) is 46.3 Å². The first kappa shape index (κ1) is 11.8. The highest BCUT2D eigenvalue weighted by molar-refractivity contribution is 5.96. The summed E-state index contributed by atoms with van der Waals surface area (Å²) in [5, 5.41) is 0. The smallest absolute Gasteiger partial charge is 0.227 e. The molecule has 2 aromatic rings. The zero-order chi connectivity index (χ0) is 13.2. The van der Waals surface area contributed by atoms with Crippen molar-refractivity contribution in [3.05, 3.63) is 59.7 Å². The summed E-state index contributed by atoms with van der Waals surface area (Å²) in [6.45, 7) is 0.584. The monoisotopic (exact) mass is 252 g/mol. The molecule has 19 heavy (non-hydrogen) atoms. The lowest BCUT2D eigenvalue weighted by molar-refractivity contribution is -0.119. The van der Waals surface area contributed by atoms with E-state index in [1.54, 1.807) is 0 Å². The van der Waals surface area contributed by atoms with Crippen molar-refractivity contribution >= 4 is 17.3 Å². The number of amides is 1. The lowest BCUT2D eigenvalue weighted by Crippen LogP contribution is -2.34. The Bertz CT molecular complexity index is 622. The number of para-hydroxylation sites is 1. The first-order valence-electron chi connectivity index (χ1n) is 6.47. The van der Waals surface area contributed by atoms with Gasteiger partial charge in [-0.05, 0) is 35.7 Å². The van der Waals surface area contributed by atoms with Crippen molar-refractivity contribution in [2.45, 2.75) is 19.4 Å². The summed E-state index contributed by atoms with van der Waals surface area (Å²) >= 11 is 0. The minimum absolute atomic E-state index is 0.182. The molecule has 0 bridgehead atoms. The lowest BCUT2D eigenvalue weighted by atomic mass is 10.0. The molecule has 2 aromatic carbocycles. The van der Waals surface area contributed by atoms with E-state index < -0.39 is 0 Å². The Morgan fingerprint density at radius 2 is 1.89 bits per heavy atom. The first-order chi connectivity index (χ1) is 9.24. The largest absolute Gasteiger partial charge is 0.399 e. The van der Waals surface area contributed by atoms with Crippen LogP contribution in [0.5, 0.6) is 0 Å². The fourth-order valence-corrected chi connectivity index (χ4v) is 2.54. The number of aryl methyl sites for hydroxylation is 1. The minimum Gasteiger partial charge on any atom is -0.399 e. The number of nitrogens with two attached hydrogens (primary N) is 1. The van der Waals surface area contributed by atoms with Crippen LogP contribution >= 0.6 is 0 Å². The molecule has 1 heterocycles. The fraction of sp³-hybridized carbons (Fsp3) is 0.188. The number of anilines is 2. The number of fused-ring (bicyclic) bond motifs is 1. The molecule has 0 atom stereocenters. The van der Waals surface area contributed by atoms with Gasteiger partial charge in [0, 0.05) is 17.8 Å². The molecule has 0 unspecified atom stereocenters. The van der Waals surface area contributed by atoms with Crippen molar-refractivity contribution in [2.75, 3.05) is 10.6 Å². The van der Waals surface area contributed by atoms with Crippen molar-refractivity contribution < 1.29 is 4.79 Å². The van der Waals surface area contributed by atoms with Gasteiger partial charge >= 0.3 is 0 Å². The van der Waals surface area contributed by atoms with Gasteiger partial charge < -0.3 is 10.6 Å². The van der Waals surface area contributed by atoms with Crippen molar-refractivity contribution in [3.8, 4) is 0 Å². The number of carbonyl (C=O) groups is 1. The number of hydrogen-bond acceptors (Lipinski definition) is 2. The SMILES string of the molecule is Nc1cccc(CN2C(=O)CCc3ccccc32)c1. The summed E-state index contributed by atoms with van der Waals surface area (Å²) < 4.78 is 0. The van der Waals surface area contributed by atoms with Gasteiger partial charge in [-0.1, -0.05) is 30.3 Å². The lowest BCUT2D eigenvalue weighted by Gasteiger charge is -2.29. The zero-order valence-electron chi connectivity index (χ0n) is 10.7. The third-order valence-corrected chi connectivity index (χ3v) is 3.48. The molecule has 0 fully saturated rings. The van der Waals surface area contributed by atoms with Crippen molar-refractivity contribution in [1.82, 2.24) is 0 Å². The highest BCUT2D eigenvalue weighted by Crippen LogP contribution is 2.29. The second-order valence-corrected chi connectivity index (χ2v) is 4.85. The van der Waals surface area contributed by atoms with E-state index >= 15 is 0 Å². The molecule has 0 saturated heterocycles. The number of nitrogens with zero attached hydrogens (tertiary/aromatic N) is 1. The van der Waals surface area contributed by atoms with Crippen LogP contribution in [-0.2, 0) is 17.8 Å². The normalized spacial score (nSPS) is 14.3. The maximum Gasteiger partial charge on any atom is 0.227 e. The summed E-state index contributed by atoms with van der Waals surface area (Å²) in [6.07, 6.45) is 1.42. The highest BCUT2D eigenvalue weighted by Gasteiger charge is 2.23. The summed E-state index contributed by atoms with van der Waals surface area (Å²) in [7, 11) is 0. The summed E-state index contributed by atoms with van der Waals surface area (Å²) in [5.41, 5.74) is 9.85. The molecular weight excluding hydrogens is 236 g/mol. The van der Waals surface area contributed by atoms with Crippen LogP contribution in [0.4, 0.5) is 11.4 Å². The van der Waals surface area contributed by atoms with E-state index in [1.165, 1.54) is 5.56 Å². The van der Waals surface area contributed by atoms with Gasteiger partial charge in [0.15, 0.2) is 0 Å². The molecule has 0 aliphatic carbocycles. The maximum atomic E-state index is 12.1. The fourth-order valence-electron chi connectivity index (χ4n) is 2.54. The minimum atomic E-state index is 0.182. The molecule has 1 aliphatic rings. The molecule has 0 radical (unpaired) electrons. The Balaban J connectivity index is 1.94. The molecular formula is C16H16N2O. The third-order valence-electron chi connectivity index (χ3n) is 3.48. The number of rotatable bonds is 2. The Morgan fingerprint density at radius 3 is 2.74 bits per heavy atom. The summed E-state index contributed by atoms with van der Waals surface area (Å²) in [5.74, 6) is 0.182. The Hall–Kier alpha value is -2.29. The Morgan fingerprint density at radius 1 is 1.05 bits per heavy atom. The van der Waals surface area contributed by atoms with Gasteiger partial charge in [-0.15, -0.1) is 0 Å². The molecule has 3 nitrogen and oxygen atoms in total. The number of benzene rings is 2. The molecule has 0 spiro atoms. The van der Waals surface area contributed by atoms with Crippen LogP contribution < -0.4 is 10.6 Å². The Labute approximate surface area is 112 Å². The zero-order valence-corrected chi connectivity index (χ0v) is 10.7. The average molecular weight is 252 g/mol. The van der Waals surface area contributed by atoms with Gasteiger partial charge in [-0.2, -0.15) is 0 Å². The van der Waals surface area contributed by atoms with Crippen LogP contribution in [0.25, 0.3) is 0 Å². The van der Waals surface area contributed by atoms with Crippen LogP contribution in [0, 0.1) is 0 Å². The molecule has 96 valence electrons. The van der Waals surface area contributed by atoms with E-state index in [0.717, 1.165) is 23.4 Å². The second kappa shape index (κ2) is 4.76. The molecule has 3 heteroatoms. The third kappa shape index (κ3) is 2.32. The van der Waals surface area contributed by atoms with Gasteiger partial charge in [0.25, 0.3) is 0 Å². The standard InChI is InChI=1S/C16H16N2O/c17-14-6-3-4-12(10-14)11-18-15-7-2-1-5-13(15)8-9-16(18)19/h1-7,10H,8-9,11,17H2. The second-order valence-electron chi connectivity index (χ2n) is 4.85. The van der Waals surface area contributed by atoms with Gasteiger partial charge in [0.05, 0.1) is 6.54 Å². The van der Waals surface area contributed by atoms with E-state index in [0.29, 0.717) is 13.0 Å². The van der Waals surface area contributed by atoms with Crippen LogP contribution in [0.1, 0.15) is 17.5 Å². The van der Waals surface area contributed by atoms with Crippen LogP contribution in [0.3, 0.4) is 0 Å². The van der Waals surface area contributed by atoms with Gasteiger partial charge in [0.1, 0.15) is 0 Å². The quantitative estimate of drug-likeness (QED) is 0.835. The van der Waals surface area contributed by atoms with Crippen LogP contribution in [0.2, 0.25) is 0 Å². The summed E-state index contributed by atoms with van der Waals surface area (Å²) in [6, 6.07) is 15.8. The van der Waals surface area contributed by atoms with E-state index in [-0.39, 0.29) is 5.91 Å². The van der Waals surface area contributed by atoms with E-state index in [9.17, 15) is 4.79 Å². The van der Waals surface area contributed by atoms with Gasteiger partial charge in [-0.3, -0.25) is 4.79 Å². The highest BCUT2D eigenvalue weighted by atomic mass is 16.2. The Kier molecular flexibility index (Phi) is 2.95.